The molecule has 0 aromatic rings. The van der Waals surface area contributed by atoms with E-state index < -0.39 is 0 Å². The van der Waals surface area contributed by atoms with Crippen LogP contribution < -0.4 is 0 Å². The van der Waals surface area contributed by atoms with Crippen LogP contribution in [0.2, 0.25) is 0 Å². The molecule has 0 aromatic heterocycles. The van der Waals surface area contributed by atoms with Gasteiger partial charge in [-0.3, -0.25) is 0 Å². The highest BCUT2D eigenvalue weighted by Gasteiger charge is 2.28. The van der Waals surface area contributed by atoms with Gasteiger partial charge in [-0.25, -0.2) is 0 Å². The van der Waals surface area contributed by atoms with Crippen LogP contribution in [0.25, 0.3) is 0 Å². The van der Waals surface area contributed by atoms with Gasteiger partial charge in [-0.2, -0.15) is 0 Å². The molecule has 0 radical (unpaired) electrons. The third kappa shape index (κ3) is 3.56. The van der Waals surface area contributed by atoms with Gasteiger partial charge >= 0.3 is 0 Å². The summed E-state index contributed by atoms with van der Waals surface area (Å²) in [4.78, 5) is 10.7. The van der Waals surface area contributed by atoms with Crippen molar-refractivity contribution >= 4 is 6.29 Å². The maximum atomic E-state index is 10.7. The van der Waals surface area contributed by atoms with Crippen LogP contribution >= 0.6 is 0 Å². The fourth-order valence-electron chi connectivity index (χ4n) is 3.90. The van der Waals surface area contributed by atoms with Gasteiger partial charge in [-0.1, -0.05) is 26.7 Å². The quantitative estimate of drug-likeness (QED) is 0.661. The summed E-state index contributed by atoms with van der Waals surface area (Å²) in [5.74, 6) is 4.17. The normalized spacial score (nSPS) is 43.3. The van der Waals surface area contributed by atoms with Crippen molar-refractivity contribution in [2.24, 2.45) is 29.6 Å². The van der Waals surface area contributed by atoms with Crippen LogP contribution in [-0.4, -0.2) is 6.29 Å². The highest BCUT2D eigenvalue weighted by molar-refractivity contribution is 5.53. The zero-order valence-electron chi connectivity index (χ0n) is 11.5. The second-order valence-corrected chi connectivity index (χ2v) is 6.79. The fourth-order valence-corrected chi connectivity index (χ4v) is 3.90. The molecule has 0 amide bonds. The summed E-state index contributed by atoms with van der Waals surface area (Å²) in [6.07, 6.45) is 11.9. The van der Waals surface area contributed by atoms with Crippen molar-refractivity contribution in [1.29, 1.82) is 0 Å². The topological polar surface area (TPSA) is 17.1 Å². The first-order valence-electron chi connectivity index (χ1n) is 7.64. The molecule has 1 nitrogen and oxygen atoms in total. The molecule has 2 saturated carbocycles. The molecule has 0 aromatic carbocycles. The Bertz CT molecular complexity index is 240. The van der Waals surface area contributed by atoms with Crippen molar-refractivity contribution in [3.8, 4) is 0 Å². The van der Waals surface area contributed by atoms with Crippen LogP contribution in [0.15, 0.2) is 0 Å². The van der Waals surface area contributed by atoms with Crippen LogP contribution in [0.1, 0.15) is 65.2 Å². The lowest BCUT2D eigenvalue weighted by atomic mass is 9.70. The van der Waals surface area contributed by atoms with Crippen molar-refractivity contribution in [3.63, 3.8) is 0 Å². The predicted molar refractivity (Wildman–Crippen MR) is 71.8 cm³/mol. The van der Waals surface area contributed by atoms with Gasteiger partial charge in [0.1, 0.15) is 6.29 Å². The molecule has 2 aliphatic rings. The average Bonchev–Trinajstić information content (AvgIpc) is 2.35. The van der Waals surface area contributed by atoms with Gasteiger partial charge in [-0.15, -0.1) is 0 Å². The van der Waals surface area contributed by atoms with Crippen molar-refractivity contribution in [3.05, 3.63) is 0 Å². The summed E-state index contributed by atoms with van der Waals surface area (Å²) < 4.78 is 0. The predicted octanol–water partition coefficient (Wildman–Crippen LogP) is 4.45. The van der Waals surface area contributed by atoms with E-state index in [0.29, 0.717) is 5.92 Å². The zero-order chi connectivity index (χ0) is 12.3. The molecule has 17 heavy (non-hydrogen) atoms. The van der Waals surface area contributed by atoms with Gasteiger partial charge in [0.25, 0.3) is 0 Å². The molecular weight excluding hydrogens is 208 g/mol. The van der Waals surface area contributed by atoms with E-state index in [1.807, 2.05) is 0 Å². The lowest BCUT2D eigenvalue weighted by molar-refractivity contribution is -0.112. The van der Waals surface area contributed by atoms with E-state index >= 15 is 0 Å². The van der Waals surface area contributed by atoms with Crippen molar-refractivity contribution in [1.82, 2.24) is 0 Å². The van der Waals surface area contributed by atoms with Crippen LogP contribution in [0.3, 0.4) is 0 Å². The van der Waals surface area contributed by atoms with Crippen LogP contribution in [-0.2, 0) is 4.79 Å². The fraction of sp³-hybridized carbons (Fsp3) is 0.938. The largest absolute Gasteiger partial charge is 0.303 e. The molecular formula is C16H28O. The molecule has 0 heterocycles. The van der Waals surface area contributed by atoms with Crippen LogP contribution in [0.5, 0.6) is 0 Å². The summed E-state index contributed by atoms with van der Waals surface area (Å²) >= 11 is 0. The minimum atomic E-state index is 0.386. The van der Waals surface area contributed by atoms with Crippen LogP contribution in [0, 0.1) is 29.6 Å². The third-order valence-electron chi connectivity index (χ3n) is 5.46. The first-order chi connectivity index (χ1) is 8.19. The van der Waals surface area contributed by atoms with E-state index in [1.54, 1.807) is 0 Å². The molecule has 2 fully saturated rings. The molecule has 98 valence electrons. The second-order valence-electron chi connectivity index (χ2n) is 6.79. The van der Waals surface area contributed by atoms with Crippen molar-refractivity contribution in [2.75, 3.05) is 0 Å². The first kappa shape index (κ1) is 13.1. The average molecular weight is 236 g/mol. The number of rotatable bonds is 3. The minimum absolute atomic E-state index is 0.386. The molecule has 0 N–H and O–H groups in total. The molecule has 2 aliphatic carbocycles. The first-order valence-corrected chi connectivity index (χ1v) is 7.64. The summed E-state index contributed by atoms with van der Waals surface area (Å²) in [6.45, 7) is 4.84. The Morgan fingerprint density at radius 3 is 2.12 bits per heavy atom. The standard InChI is InChI=1S/C16H28O/c1-12-3-4-16(9-13(12)2)10-14-5-7-15(11-17)8-6-14/h11-16H,3-10H2,1-2H3. The zero-order valence-corrected chi connectivity index (χ0v) is 11.5. The maximum Gasteiger partial charge on any atom is 0.123 e. The van der Waals surface area contributed by atoms with Crippen molar-refractivity contribution in [2.45, 2.75) is 65.2 Å². The molecule has 0 saturated heterocycles. The highest BCUT2D eigenvalue weighted by Crippen LogP contribution is 2.39. The van der Waals surface area contributed by atoms with Gasteiger partial charge in [0.2, 0.25) is 0 Å². The molecule has 0 spiro atoms. The molecule has 3 atom stereocenters. The van der Waals surface area contributed by atoms with E-state index in [4.69, 9.17) is 0 Å². The van der Waals surface area contributed by atoms with E-state index in [2.05, 4.69) is 13.8 Å². The van der Waals surface area contributed by atoms with Gasteiger partial charge in [0.15, 0.2) is 0 Å². The smallest absolute Gasteiger partial charge is 0.123 e. The Balaban J connectivity index is 1.73. The number of carbonyl (C=O) groups is 1. The Kier molecular flexibility index (Phi) is 4.64. The molecule has 2 rings (SSSR count). The second kappa shape index (κ2) is 6.02. The van der Waals surface area contributed by atoms with Crippen molar-refractivity contribution < 1.29 is 4.79 Å². The van der Waals surface area contributed by atoms with Gasteiger partial charge in [0, 0.05) is 5.92 Å². The Hall–Kier alpha value is -0.330. The Morgan fingerprint density at radius 1 is 0.882 bits per heavy atom. The molecule has 0 bridgehead atoms. The summed E-state index contributed by atoms with van der Waals surface area (Å²) in [5, 5.41) is 0. The number of carbonyl (C=O) groups excluding carboxylic acids is 1. The van der Waals surface area contributed by atoms with Gasteiger partial charge < -0.3 is 4.79 Å². The van der Waals surface area contributed by atoms with E-state index in [1.165, 1.54) is 44.8 Å². The molecule has 1 heteroatoms. The summed E-state index contributed by atoms with van der Waals surface area (Å²) in [7, 11) is 0. The Labute approximate surface area is 106 Å². The van der Waals surface area contributed by atoms with Crippen LogP contribution in [0.4, 0.5) is 0 Å². The number of hydrogen-bond acceptors (Lipinski definition) is 1. The van der Waals surface area contributed by atoms with Gasteiger partial charge in [-0.05, 0) is 62.2 Å². The summed E-state index contributed by atoms with van der Waals surface area (Å²) in [5.41, 5.74) is 0. The highest BCUT2D eigenvalue weighted by atomic mass is 16.1. The third-order valence-corrected chi connectivity index (χ3v) is 5.46. The number of hydrogen-bond donors (Lipinski definition) is 0. The SMILES string of the molecule is CC1CCC(CC2CCC(C=O)CC2)CC1C. The lowest BCUT2D eigenvalue weighted by Gasteiger charge is -2.35. The number of aldehydes is 1. The molecule has 3 unspecified atom stereocenters. The maximum absolute atomic E-state index is 10.7. The molecule has 0 aliphatic heterocycles. The minimum Gasteiger partial charge on any atom is -0.303 e. The van der Waals surface area contributed by atoms with Gasteiger partial charge in [0.05, 0.1) is 0 Å². The lowest BCUT2D eigenvalue weighted by Crippen LogP contribution is -2.24. The monoisotopic (exact) mass is 236 g/mol. The van der Waals surface area contributed by atoms with E-state index in [0.717, 1.165) is 36.5 Å². The Morgan fingerprint density at radius 2 is 1.53 bits per heavy atom. The van der Waals surface area contributed by atoms with E-state index in [9.17, 15) is 4.79 Å². The summed E-state index contributed by atoms with van der Waals surface area (Å²) in [6, 6.07) is 0. The van der Waals surface area contributed by atoms with E-state index in [-0.39, 0.29) is 0 Å².